The molecule has 6 fully saturated rings. The minimum atomic E-state index is -1.56. The Bertz CT molecular complexity index is 3890. The van der Waals surface area contributed by atoms with Gasteiger partial charge in [0.1, 0.15) is 22.7 Å². The second-order valence-electron chi connectivity index (χ2n) is 44.0. The molecule has 2 nitrogen and oxygen atoms in total. The number of hydrogen-bond donors (Lipinski definition) is 0. The number of hydrogen-bond acceptors (Lipinski definition) is 6. The van der Waals surface area contributed by atoms with Crippen LogP contribution in [0.5, 0.6) is 0 Å². The van der Waals surface area contributed by atoms with Gasteiger partial charge in [0, 0.05) is 10.7 Å². The molecule has 6 saturated carbocycles. The SMILES string of the molecule is CB(c1c(C)cccc1C)N(C)C.CC(c1ccccc1)(c1ccccc1)[Si](C)(C)C.CC1(C2(C)CCCC2)CCCC1.CC1(C2(C)CCCC2)CCCCC1.CC1(C2(C)CCCC2)CCCCC1.CN(c1ccccc1)[Si](C)(C)C.CS[Si](C)(C)C.CS[Si](C)(C)C.CS[Si](C)(c1ccccc1)c1ccccc1.CS[Si](C)(c1ccccc1)c1ccccc1. The molecule has 14 rings (SSSR count). The maximum atomic E-state index is 2.57. The molecule has 692 valence electrons. The van der Waals surface area contributed by atoms with E-state index in [2.05, 4.69) is 447 Å². The molecule has 6 aliphatic carbocycles. The molecule has 0 atom stereocenters. The smallest absolute Gasteiger partial charge is 0.254 e. The summed E-state index contributed by atoms with van der Waals surface area (Å²) in [5.74, 6) is 0. The van der Waals surface area contributed by atoms with Crippen molar-refractivity contribution in [3.63, 3.8) is 0 Å². The van der Waals surface area contributed by atoms with Crippen molar-refractivity contribution in [2.45, 2.75) is 333 Å². The first-order chi connectivity index (χ1) is 58.7. The van der Waals surface area contributed by atoms with E-state index in [9.17, 15) is 0 Å². The normalized spacial score (nSPS) is 17.8. The van der Waals surface area contributed by atoms with E-state index in [1.165, 1.54) is 221 Å². The molecule has 0 saturated heterocycles. The Morgan fingerprint density at radius 3 is 0.672 bits per heavy atom. The fourth-order valence-corrected chi connectivity index (χ4v) is 32.5. The third-order valence-corrected chi connectivity index (χ3v) is 62.3. The van der Waals surface area contributed by atoms with Gasteiger partial charge in [-0.3, -0.25) is 0 Å². The Morgan fingerprint density at radius 2 is 0.488 bits per heavy atom. The average molecular weight is 1870 g/mol. The van der Waals surface area contributed by atoms with E-state index in [-0.39, 0.29) is 5.04 Å². The Morgan fingerprint density at radius 1 is 0.288 bits per heavy atom. The highest BCUT2D eigenvalue weighted by molar-refractivity contribution is 8.31. The van der Waals surface area contributed by atoms with E-state index in [1.807, 2.05) is 44.8 Å². The molecule has 0 radical (unpaired) electrons. The number of benzene rings is 8. The monoisotopic (exact) mass is 1860 g/mol. The standard InChI is InChI=1S/C17H22Si.2C14H16SSi.2C13H24.C12H22.C11H18BN.C10H17NSi.2C4H12SSi/c1-17(18(2,3)4,15-11-7-5-8-12-15)16-13-9-6-10-14-16;2*1-15-16(2,13-9-5-3-6-10-13)14-11-7-4-8-12-14;2*1-12(8-4-3-5-9-12)13(2)10-6-7-11-13;1-11(7-3-4-8-11)12(2)9-5-6-10-12;1-9-7-6-8-10(2)11(9)12(3)13(4)5;1-11(12(2,3)4)10-8-6-5-7-9-10;2*1-5-6(2,3)4/h5-14H,1-4H3;2*3-12H,1-2H3;2*3-11H2,1-2H3;3-10H2,1-2H3;6-8H,1-5H3;5-9H,1-4H3;2*1-4H3. The molecule has 13 heteroatoms. The van der Waals surface area contributed by atoms with Crippen LogP contribution in [-0.2, 0) is 5.04 Å². The Balaban J connectivity index is 0.000000250. The van der Waals surface area contributed by atoms with Crippen LogP contribution in [0.2, 0.25) is 98.5 Å². The number of anilines is 1. The van der Waals surface area contributed by atoms with Gasteiger partial charge >= 0.3 is 0 Å². The average Bonchev–Trinajstić information content (AvgIpc) is 1.69. The molecular formula is C112H183BN2S4Si6. The second kappa shape index (κ2) is 52.1. The van der Waals surface area contributed by atoms with E-state index in [0.29, 0.717) is 39.3 Å². The lowest BCUT2D eigenvalue weighted by molar-refractivity contribution is 0.0336. The van der Waals surface area contributed by atoms with Crippen molar-refractivity contribution in [1.29, 1.82) is 0 Å². The van der Waals surface area contributed by atoms with Gasteiger partial charge in [0.15, 0.2) is 14.4 Å². The molecule has 8 aromatic carbocycles. The fraction of sp³-hybridized carbons (Fsp3) is 0.571. The highest BCUT2D eigenvalue weighted by atomic mass is 32.4. The molecule has 0 N–H and O–H groups in total. The van der Waals surface area contributed by atoms with Gasteiger partial charge in [-0.05, 0) is 214 Å². The highest BCUT2D eigenvalue weighted by Crippen LogP contribution is 2.60. The summed E-state index contributed by atoms with van der Waals surface area (Å²) in [5.41, 5.74) is 12.7. The van der Waals surface area contributed by atoms with Crippen LogP contribution in [-0.4, -0.2) is 103 Å². The maximum absolute atomic E-state index is 2.57. The molecule has 8 aromatic rings. The van der Waals surface area contributed by atoms with Crippen molar-refractivity contribution in [2.75, 3.05) is 50.7 Å². The molecule has 6 aliphatic rings. The van der Waals surface area contributed by atoms with Gasteiger partial charge in [0.05, 0.1) is 8.07 Å². The first-order valence-corrected chi connectivity index (χ1v) is 75.5. The van der Waals surface area contributed by atoms with Crippen molar-refractivity contribution in [3.05, 3.63) is 253 Å². The molecule has 0 spiro atoms. The maximum Gasteiger partial charge on any atom is 0.254 e. The van der Waals surface area contributed by atoms with Crippen LogP contribution in [0.3, 0.4) is 0 Å². The molecule has 0 amide bonds. The first-order valence-electron chi connectivity index (χ1n) is 48.7. The lowest BCUT2D eigenvalue weighted by atomic mass is 9.54. The zero-order chi connectivity index (χ0) is 93.1. The van der Waals surface area contributed by atoms with Crippen molar-refractivity contribution >= 4 is 129 Å². The minimum Gasteiger partial charge on any atom is -0.401 e. The minimum absolute atomic E-state index is 0.162. The van der Waals surface area contributed by atoms with Gasteiger partial charge in [0.25, 0.3) is 6.85 Å². The van der Waals surface area contributed by atoms with Gasteiger partial charge in [-0.25, -0.2) is 0 Å². The van der Waals surface area contributed by atoms with Gasteiger partial charge in [-0.2, -0.15) is 44.8 Å². The van der Waals surface area contributed by atoms with Crippen molar-refractivity contribution in [1.82, 2.24) is 4.81 Å². The van der Waals surface area contributed by atoms with Crippen LogP contribution in [0, 0.1) is 46.3 Å². The van der Waals surface area contributed by atoms with Crippen LogP contribution in [0.15, 0.2) is 231 Å². The van der Waals surface area contributed by atoms with E-state index in [0.717, 1.165) is 0 Å². The number of aryl methyl sites for hydroxylation is 2. The van der Waals surface area contributed by atoms with Crippen molar-refractivity contribution in [3.8, 4) is 0 Å². The van der Waals surface area contributed by atoms with E-state index in [1.54, 1.807) is 0 Å². The predicted octanol–water partition coefficient (Wildman–Crippen LogP) is 32.6. The summed E-state index contributed by atoms with van der Waals surface area (Å²) >= 11 is 8.08. The third-order valence-electron chi connectivity index (χ3n) is 31.5. The zero-order valence-electron chi connectivity index (χ0n) is 85.9. The summed E-state index contributed by atoms with van der Waals surface area (Å²) in [6.07, 6.45) is 47.8. The third kappa shape index (κ3) is 33.5. The summed E-state index contributed by atoms with van der Waals surface area (Å²) in [4.78, 5) is 2.25. The molecular weight excluding hydrogens is 1680 g/mol. The molecule has 0 unspecified atom stereocenters. The Hall–Kier alpha value is -3.71. The molecule has 0 heterocycles. The summed E-state index contributed by atoms with van der Waals surface area (Å²) in [6, 6.07) is 82.5. The van der Waals surface area contributed by atoms with Gasteiger partial charge in [0.2, 0.25) is 0 Å². The van der Waals surface area contributed by atoms with Crippen LogP contribution in [0.1, 0.15) is 238 Å². The van der Waals surface area contributed by atoms with Crippen LogP contribution < -0.4 is 30.8 Å². The van der Waals surface area contributed by atoms with Crippen LogP contribution >= 0.6 is 44.8 Å². The van der Waals surface area contributed by atoms with Crippen LogP contribution in [0.25, 0.3) is 0 Å². The molecule has 0 aliphatic heterocycles. The van der Waals surface area contributed by atoms with Gasteiger partial charge < -0.3 is 9.38 Å². The number of para-hydroxylation sites is 1. The van der Waals surface area contributed by atoms with Crippen LogP contribution in [0.4, 0.5) is 5.69 Å². The lowest BCUT2D eigenvalue weighted by Gasteiger charge is -2.47. The first kappa shape index (κ1) is 112. The lowest BCUT2D eigenvalue weighted by Crippen LogP contribution is -2.52. The Kier molecular flexibility index (Phi) is 46.6. The van der Waals surface area contributed by atoms with E-state index < -0.39 is 45.2 Å². The van der Waals surface area contributed by atoms with Crippen molar-refractivity contribution < 1.29 is 0 Å². The number of rotatable bonds is 18. The largest absolute Gasteiger partial charge is 0.401 e. The molecule has 125 heavy (non-hydrogen) atoms. The van der Waals surface area contributed by atoms with E-state index in [4.69, 9.17) is 0 Å². The predicted molar refractivity (Wildman–Crippen MR) is 599 cm³/mol. The highest BCUT2D eigenvalue weighted by Gasteiger charge is 2.49. The summed E-state index contributed by atoms with van der Waals surface area (Å²) in [7, 11) is -0.682. The summed E-state index contributed by atoms with van der Waals surface area (Å²) < 4.78 is 2.41. The van der Waals surface area contributed by atoms with E-state index >= 15 is 0 Å². The number of nitrogens with zero attached hydrogens (tertiary/aromatic N) is 2. The topological polar surface area (TPSA) is 6.48 Å². The fourth-order valence-electron chi connectivity index (χ4n) is 20.1. The van der Waals surface area contributed by atoms with Gasteiger partial charge in [-0.1, -0.05) is 472 Å². The molecule has 0 bridgehead atoms. The quantitative estimate of drug-likeness (QED) is 0.0785. The summed E-state index contributed by atoms with van der Waals surface area (Å²) in [6.45, 7) is 58.2. The second-order valence-corrected chi connectivity index (χ2v) is 88.2. The zero-order valence-corrected chi connectivity index (χ0v) is 95.2. The molecule has 0 aromatic heterocycles. The Labute approximate surface area is 795 Å². The van der Waals surface area contributed by atoms with Crippen molar-refractivity contribution in [2.24, 2.45) is 32.5 Å². The van der Waals surface area contributed by atoms with Gasteiger partial charge in [-0.15, -0.1) is 0 Å². The summed E-state index contributed by atoms with van der Waals surface area (Å²) in [5, 5.41) is 6.14.